The van der Waals surface area contributed by atoms with Gasteiger partial charge in [-0.2, -0.15) is 5.26 Å². The molecule has 1 saturated carbocycles. The summed E-state index contributed by atoms with van der Waals surface area (Å²) in [6.07, 6.45) is 5.13. The molecule has 3 rings (SSSR count). The van der Waals surface area contributed by atoms with Crippen LogP contribution in [0.4, 0.5) is 0 Å². The fraction of sp³-hybridized carbons (Fsp3) is 0.412. The summed E-state index contributed by atoms with van der Waals surface area (Å²) in [6.45, 7) is 2.33. The maximum absolute atomic E-state index is 9.36. The Kier molecular flexibility index (Phi) is 3.93. The van der Waals surface area contributed by atoms with Crippen LogP contribution in [0.5, 0.6) is 0 Å². The number of pyridine rings is 1. The van der Waals surface area contributed by atoms with E-state index in [-0.39, 0.29) is 0 Å². The van der Waals surface area contributed by atoms with Crippen LogP contribution in [0.1, 0.15) is 38.2 Å². The van der Waals surface area contributed by atoms with E-state index in [9.17, 15) is 5.26 Å². The van der Waals surface area contributed by atoms with Gasteiger partial charge in [0.15, 0.2) is 0 Å². The standard InChI is InChI=1S/C17H18N2S/c1-12-5-4-7-15(9-12)20-17-14(11-18)10-13-6-2-3-8-16(13)19-17/h2-3,6,8,10,12,15H,4-5,7,9H2,1H3. The lowest BCUT2D eigenvalue weighted by atomic mass is 9.91. The molecule has 0 bridgehead atoms. The average Bonchev–Trinajstić information content (AvgIpc) is 2.46. The van der Waals surface area contributed by atoms with E-state index >= 15 is 0 Å². The molecule has 2 atom stereocenters. The second kappa shape index (κ2) is 5.85. The minimum absolute atomic E-state index is 0.611. The van der Waals surface area contributed by atoms with Crippen LogP contribution in [0, 0.1) is 17.2 Å². The SMILES string of the molecule is CC1CCCC(Sc2nc3ccccc3cc2C#N)C1. The van der Waals surface area contributed by atoms with Gasteiger partial charge in [-0.1, -0.05) is 38.0 Å². The summed E-state index contributed by atoms with van der Waals surface area (Å²) >= 11 is 1.80. The summed E-state index contributed by atoms with van der Waals surface area (Å²) in [5.74, 6) is 0.798. The molecule has 20 heavy (non-hydrogen) atoms. The van der Waals surface area contributed by atoms with Crippen molar-refractivity contribution in [3.63, 3.8) is 0 Å². The minimum atomic E-state index is 0.611. The number of nitriles is 1. The number of hydrogen-bond acceptors (Lipinski definition) is 3. The highest BCUT2D eigenvalue weighted by Crippen LogP contribution is 2.37. The molecule has 0 N–H and O–H groups in total. The number of para-hydroxylation sites is 1. The van der Waals surface area contributed by atoms with E-state index in [0.29, 0.717) is 10.8 Å². The summed E-state index contributed by atoms with van der Waals surface area (Å²) < 4.78 is 0. The van der Waals surface area contributed by atoms with E-state index in [1.165, 1.54) is 25.7 Å². The van der Waals surface area contributed by atoms with Gasteiger partial charge in [0.05, 0.1) is 11.1 Å². The van der Waals surface area contributed by atoms with Crippen molar-refractivity contribution in [2.45, 2.75) is 42.9 Å². The zero-order valence-electron chi connectivity index (χ0n) is 11.7. The van der Waals surface area contributed by atoms with Gasteiger partial charge in [-0.05, 0) is 30.9 Å². The molecule has 0 amide bonds. The lowest BCUT2D eigenvalue weighted by Crippen LogP contribution is -2.15. The Bertz CT molecular complexity index is 660. The molecule has 1 aromatic carbocycles. The van der Waals surface area contributed by atoms with E-state index in [4.69, 9.17) is 4.98 Å². The molecule has 2 nitrogen and oxygen atoms in total. The van der Waals surface area contributed by atoms with Crippen molar-refractivity contribution in [2.24, 2.45) is 5.92 Å². The smallest absolute Gasteiger partial charge is 0.115 e. The minimum Gasteiger partial charge on any atom is -0.240 e. The second-order valence-corrected chi connectivity index (χ2v) is 6.95. The Morgan fingerprint density at radius 3 is 2.95 bits per heavy atom. The zero-order valence-corrected chi connectivity index (χ0v) is 12.5. The van der Waals surface area contributed by atoms with Gasteiger partial charge in [0.2, 0.25) is 0 Å². The normalized spacial score (nSPS) is 22.6. The Hall–Kier alpha value is -1.53. The first-order chi connectivity index (χ1) is 9.76. The summed E-state index contributed by atoms with van der Waals surface area (Å²) in [7, 11) is 0. The summed E-state index contributed by atoms with van der Waals surface area (Å²) in [5.41, 5.74) is 1.70. The van der Waals surface area contributed by atoms with Crippen LogP contribution in [0.2, 0.25) is 0 Å². The molecular formula is C17H18N2S. The maximum atomic E-state index is 9.36. The zero-order chi connectivity index (χ0) is 13.9. The van der Waals surface area contributed by atoms with E-state index in [1.54, 1.807) is 11.8 Å². The predicted molar refractivity (Wildman–Crippen MR) is 83.7 cm³/mol. The number of nitrogens with zero attached hydrogens (tertiary/aromatic N) is 2. The monoisotopic (exact) mass is 282 g/mol. The summed E-state index contributed by atoms with van der Waals surface area (Å²) in [6, 6.07) is 12.3. The van der Waals surface area contributed by atoms with Crippen molar-refractivity contribution in [1.29, 1.82) is 5.26 Å². The topological polar surface area (TPSA) is 36.7 Å². The lowest BCUT2D eigenvalue weighted by Gasteiger charge is -2.26. The number of benzene rings is 1. The third kappa shape index (κ3) is 2.81. The average molecular weight is 282 g/mol. The molecule has 2 aromatic rings. The highest BCUT2D eigenvalue weighted by atomic mass is 32.2. The van der Waals surface area contributed by atoms with Crippen LogP contribution in [0.25, 0.3) is 10.9 Å². The highest BCUT2D eigenvalue weighted by molar-refractivity contribution is 7.99. The van der Waals surface area contributed by atoms with Crippen LogP contribution in [0.3, 0.4) is 0 Å². The van der Waals surface area contributed by atoms with Gasteiger partial charge in [-0.25, -0.2) is 4.98 Å². The number of hydrogen-bond donors (Lipinski definition) is 0. The lowest BCUT2D eigenvalue weighted by molar-refractivity contribution is 0.394. The van der Waals surface area contributed by atoms with Gasteiger partial charge < -0.3 is 0 Å². The van der Waals surface area contributed by atoms with Gasteiger partial charge in [0, 0.05) is 10.6 Å². The largest absolute Gasteiger partial charge is 0.240 e. The molecule has 2 unspecified atom stereocenters. The van der Waals surface area contributed by atoms with E-state index in [0.717, 1.165) is 21.8 Å². The van der Waals surface area contributed by atoms with E-state index < -0.39 is 0 Å². The molecule has 3 heteroatoms. The quantitative estimate of drug-likeness (QED) is 0.795. The fourth-order valence-electron chi connectivity index (χ4n) is 2.91. The molecule has 1 aliphatic carbocycles. The molecule has 0 saturated heterocycles. The third-order valence-electron chi connectivity index (χ3n) is 3.98. The van der Waals surface area contributed by atoms with Gasteiger partial charge in [0.1, 0.15) is 11.1 Å². The van der Waals surface area contributed by atoms with Crippen molar-refractivity contribution in [2.75, 3.05) is 0 Å². The Labute approximate surface area is 124 Å². The molecule has 0 aliphatic heterocycles. The maximum Gasteiger partial charge on any atom is 0.115 e. The molecule has 1 fully saturated rings. The number of thioether (sulfide) groups is 1. The van der Waals surface area contributed by atoms with Crippen molar-refractivity contribution >= 4 is 22.7 Å². The second-order valence-electron chi connectivity index (χ2n) is 5.66. The van der Waals surface area contributed by atoms with Gasteiger partial charge >= 0.3 is 0 Å². The summed E-state index contributed by atoms with van der Waals surface area (Å²) in [4.78, 5) is 4.71. The molecule has 1 heterocycles. The van der Waals surface area contributed by atoms with Gasteiger partial charge in [-0.3, -0.25) is 0 Å². The van der Waals surface area contributed by atoms with E-state index in [2.05, 4.69) is 13.0 Å². The highest BCUT2D eigenvalue weighted by Gasteiger charge is 2.21. The van der Waals surface area contributed by atoms with Crippen molar-refractivity contribution in [3.05, 3.63) is 35.9 Å². The Balaban J connectivity index is 1.91. The van der Waals surface area contributed by atoms with Crippen LogP contribution in [0.15, 0.2) is 35.4 Å². The Morgan fingerprint density at radius 2 is 2.15 bits per heavy atom. The van der Waals surface area contributed by atoms with Crippen LogP contribution in [-0.4, -0.2) is 10.2 Å². The molecule has 0 radical (unpaired) electrons. The first kappa shape index (κ1) is 13.5. The van der Waals surface area contributed by atoms with Crippen molar-refractivity contribution in [3.8, 4) is 6.07 Å². The number of rotatable bonds is 2. The van der Waals surface area contributed by atoms with E-state index in [1.807, 2.05) is 30.3 Å². The van der Waals surface area contributed by atoms with Crippen molar-refractivity contribution < 1.29 is 0 Å². The summed E-state index contributed by atoms with van der Waals surface area (Å²) in [5, 5.41) is 11.9. The Morgan fingerprint density at radius 1 is 1.30 bits per heavy atom. The third-order valence-corrected chi connectivity index (χ3v) is 5.27. The molecular weight excluding hydrogens is 264 g/mol. The predicted octanol–water partition coefficient (Wildman–Crippen LogP) is 4.78. The van der Waals surface area contributed by atoms with Crippen LogP contribution >= 0.6 is 11.8 Å². The molecule has 1 aliphatic rings. The van der Waals surface area contributed by atoms with Crippen LogP contribution in [-0.2, 0) is 0 Å². The first-order valence-electron chi connectivity index (χ1n) is 7.23. The fourth-order valence-corrected chi connectivity index (χ4v) is 4.32. The van der Waals surface area contributed by atoms with Gasteiger partial charge in [-0.15, -0.1) is 11.8 Å². The molecule has 1 aromatic heterocycles. The number of aromatic nitrogens is 1. The van der Waals surface area contributed by atoms with Gasteiger partial charge in [0.25, 0.3) is 0 Å². The first-order valence-corrected chi connectivity index (χ1v) is 8.11. The van der Waals surface area contributed by atoms with Crippen molar-refractivity contribution in [1.82, 2.24) is 4.98 Å². The number of fused-ring (bicyclic) bond motifs is 1. The molecule has 102 valence electrons. The molecule has 0 spiro atoms. The van der Waals surface area contributed by atoms with Crippen LogP contribution < -0.4 is 0 Å².